The van der Waals surface area contributed by atoms with Crippen molar-refractivity contribution in [2.45, 2.75) is 58.5 Å². The van der Waals surface area contributed by atoms with Crippen LogP contribution in [-0.2, 0) is 14.3 Å². The van der Waals surface area contributed by atoms with Gasteiger partial charge < -0.3 is 14.7 Å². The molecule has 0 aromatic rings. The minimum atomic E-state index is -1.10. The van der Waals surface area contributed by atoms with Crippen LogP contribution in [0.25, 0.3) is 0 Å². The van der Waals surface area contributed by atoms with Crippen molar-refractivity contribution in [3.05, 3.63) is 12.2 Å². The number of hydrogen-bond acceptors (Lipinski definition) is 5. The molecule has 0 aromatic carbocycles. The fraction of sp³-hybridized carbons (Fsp3) is 0.706. The Morgan fingerprint density at radius 1 is 1.42 bits per heavy atom. The molecule has 1 fully saturated rings. The standard InChI is InChI=1S/C17H26N2O5/c1-5-19(16(23)24-7-6-12(2)15(21)22)14-8-13(18-11-20)9-17(3,4)10-14/h13-14H,2,5-10H2,1,3-4H3,(H,21,22). The SMILES string of the molecule is C=C(CCOC(=O)N(CC)C1CC(N=C=O)CC(C)(C)C1)C(=O)O. The number of carbonyl (C=O) groups excluding carboxylic acids is 2. The number of carboxylic acid groups (broad SMARTS) is 1. The lowest BCUT2D eigenvalue weighted by atomic mass is 9.72. The van der Waals surface area contributed by atoms with Crippen LogP contribution in [0.3, 0.4) is 0 Å². The number of aliphatic imine (C=N–C) groups is 1. The topological polar surface area (TPSA) is 96.3 Å². The van der Waals surface area contributed by atoms with Crippen molar-refractivity contribution in [2.24, 2.45) is 10.4 Å². The van der Waals surface area contributed by atoms with Gasteiger partial charge in [-0.2, -0.15) is 0 Å². The second-order valence-electron chi connectivity index (χ2n) is 6.90. The third kappa shape index (κ3) is 5.81. The van der Waals surface area contributed by atoms with Crippen LogP contribution < -0.4 is 0 Å². The van der Waals surface area contributed by atoms with E-state index in [2.05, 4.69) is 25.4 Å². The van der Waals surface area contributed by atoms with E-state index in [1.807, 2.05) is 6.92 Å². The summed E-state index contributed by atoms with van der Waals surface area (Å²) < 4.78 is 5.19. The van der Waals surface area contributed by atoms with E-state index in [4.69, 9.17) is 9.84 Å². The largest absolute Gasteiger partial charge is 0.478 e. The number of aliphatic carboxylic acids is 1. The van der Waals surface area contributed by atoms with Crippen LogP contribution in [-0.4, -0.2) is 53.4 Å². The fourth-order valence-corrected chi connectivity index (χ4v) is 3.24. The van der Waals surface area contributed by atoms with Crippen LogP contribution in [0.2, 0.25) is 0 Å². The molecule has 0 bridgehead atoms. The number of rotatable bonds is 7. The molecule has 1 saturated carbocycles. The van der Waals surface area contributed by atoms with Crippen LogP contribution in [0.4, 0.5) is 4.79 Å². The Balaban J connectivity index is 2.69. The molecule has 7 nitrogen and oxygen atoms in total. The Bertz CT molecular complexity index is 537. The third-order valence-electron chi connectivity index (χ3n) is 4.30. The number of carboxylic acids is 1. The van der Waals surface area contributed by atoms with Crippen molar-refractivity contribution >= 4 is 18.1 Å². The van der Waals surface area contributed by atoms with Gasteiger partial charge in [0.2, 0.25) is 6.08 Å². The summed E-state index contributed by atoms with van der Waals surface area (Å²) in [4.78, 5) is 39.1. The van der Waals surface area contributed by atoms with Gasteiger partial charge in [0.05, 0.1) is 12.6 Å². The first-order chi connectivity index (χ1) is 11.2. The number of ether oxygens (including phenoxy) is 1. The van der Waals surface area contributed by atoms with Gasteiger partial charge in [-0.15, -0.1) is 0 Å². The molecule has 0 saturated heterocycles. The first-order valence-electron chi connectivity index (χ1n) is 8.11. The molecule has 0 radical (unpaired) electrons. The zero-order valence-electron chi connectivity index (χ0n) is 14.6. The first-order valence-corrected chi connectivity index (χ1v) is 8.11. The highest BCUT2D eigenvalue weighted by Gasteiger charge is 2.38. The van der Waals surface area contributed by atoms with Gasteiger partial charge in [0.25, 0.3) is 0 Å². The van der Waals surface area contributed by atoms with Crippen LogP contribution in [0.1, 0.15) is 46.5 Å². The third-order valence-corrected chi connectivity index (χ3v) is 4.30. The molecule has 0 aliphatic heterocycles. The summed E-state index contributed by atoms with van der Waals surface area (Å²) >= 11 is 0. The highest BCUT2D eigenvalue weighted by molar-refractivity contribution is 5.85. The Labute approximate surface area is 142 Å². The molecule has 1 amide bonds. The molecule has 2 atom stereocenters. The Morgan fingerprint density at radius 3 is 2.62 bits per heavy atom. The zero-order chi connectivity index (χ0) is 18.3. The van der Waals surface area contributed by atoms with E-state index in [9.17, 15) is 14.4 Å². The highest BCUT2D eigenvalue weighted by atomic mass is 16.6. The zero-order valence-corrected chi connectivity index (χ0v) is 14.6. The maximum Gasteiger partial charge on any atom is 0.410 e. The predicted octanol–water partition coefficient (Wildman–Crippen LogP) is 2.76. The summed E-state index contributed by atoms with van der Waals surface area (Å²) in [5.41, 5.74) is -0.0378. The minimum Gasteiger partial charge on any atom is -0.478 e. The highest BCUT2D eigenvalue weighted by Crippen LogP contribution is 2.38. The summed E-state index contributed by atoms with van der Waals surface area (Å²) in [6.07, 6.45) is 3.40. The van der Waals surface area contributed by atoms with Crippen molar-refractivity contribution in [2.75, 3.05) is 13.2 Å². The van der Waals surface area contributed by atoms with Crippen molar-refractivity contribution in [1.29, 1.82) is 0 Å². The minimum absolute atomic E-state index is 0.00466. The summed E-state index contributed by atoms with van der Waals surface area (Å²) in [5.74, 6) is -1.10. The van der Waals surface area contributed by atoms with Gasteiger partial charge in [0.1, 0.15) is 0 Å². The molecule has 0 aromatic heterocycles. The molecule has 134 valence electrons. The number of isocyanates is 1. The molecule has 2 unspecified atom stereocenters. The molecule has 24 heavy (non-hydrogen) atoms. The van der Waals surface area contributed by atoms with Crippen LogP contribution >= 0.6 is 0 Å². The van der Waals surface area contributed by atoms with Gasteiger partial charge in [0.15, 0.2) is 0 Å². The molecule has 0 heterocycles. The summed E-state index contributed by atoms with van der Waals surface area (Å²) in [6.45, 7) is 9.88. The van der Waals surface area contributed by atoms with Crippen LogP contribution in [0.15, 0.2) is 17.1 Å². The quantitative estimate of drug-likeness (QED) is 0.437. The van der Waals surface area contributed by atoms with Crippen molar-refractivity contribution in [1.82, 2.24) is 4.90 Å². The van der Waals surface area contributed by atoms with Crippen LogP contribution in [0, 0.1) is 5.41 Å². The molecule has 0 spiro atoms. The Hall–Kier alpha value is -2.14. The van der Waals surface area contributed by atoms with Crippen molar-refractivity contribution < 1.29 is 24.2 Å². The van der Waals surface area contributed by atoms with Gasteiger partial charge in [-0.25, -0.2) is 19.4 Å². The molecule has 7 heteroatoms. The number of amides is 1. The number of nitrogens with zero attached hydrogens (tertiary/aromatic N) is 2. The van der Waals surface area contributed by atoms with E-state index in [0.717, 1.165) is 12.8 Å². The van der Waals surface area contributed by atoms with E-state index < -0.39 is 12.1 Å². The number of carbonyl (C=O) groups is 2. The maximum absolute atomic E-state index is 12.3. The monoisotopic (exact) mass is 338 g/mol. The Kier molecular flexibility index (Phi) is 7.17. The average molecular weight is 338 g/mol. The second-order valence-corrected chi connectivity index (χ2v) is 6.90. The van der Waals surface area contributed by atoms with E-state index >= 15 is 0 Å². The summed E-state index contributed by atoms with van der Waals surface area (Å²) in [7, 11) is 0. The van der Waals surface area contributed by atoms with Gasteiger partial charge in [0, 0.05) is 24.6 Å². The maximum atomic E-state index is 12.3. The van der Waals surface area contributed by atoms with E-state index in [0.29, 0.717) is 13.0 Å². The lowest BCUT2D eigenvalue weighted by molar-refractivity contribution is -0.132. The molecule has 1 N–H and O–H groups in total. The molecular formula is C17H26N2O5. The summed E-state index contributed by atoms with van der Waals surface area (Å²) in [6, 6.07) is -0.221. The van der Waals surface area contributed by atoms with E-state index in [-0.39, 0.29) is 36.1 Å². The van der Waals surface area contributed by atoms with Gasteiger partial charge >= 0.3 is 12.1 Å². The number of hydrogen-bond donors (Lipinski definition) is 1. The lowest BCUT2D eigenvalue weighted by Crippen LogP contribution is -2.47. The smallest absolute Gasteiger partial charge is 0.410 e. The Morgan fingerprint density at radius 2 is 2.08 bits per heavy atom. The predicted molar refractivity (Wildman–Crippen MR) is 88.5 cm³/mol. The van der Waals surface area contributed by atoms with Gasteiger partial charge in [-0.05, 0) is 31.6 Å². The normalized spacial score (nSPS) is 22.1. The van der Waals surface area contributed by atoms with Crippen LogP contribution in [0.5, 0.6) is 0 Å². The molecule has 1 aliphatic carbocycles. The summed E-state index contributed by atoms with van der Waals surface area (Å²) in [5, 5.41) is 8.75. The molecular weight excluding hydrogens is 312 g/mol. The molecule has 1 aliphatic rings. The van der Waals surface area contributed by atoms with Gasteiger partial charge in [-0.3, -0.25) is 0 Å². The van der Waals surface area contributed by atoms with Gasteiger partial charge in [-0.1, -0.05) is 20.4 Å². The van der Waals surface area contributed by atoms with E-state index in [1.54, 1.807) is 11.0 Å². The second kappa shape index (κ2) is 8.64. The first kappa shape index (κ1) is 19.9. The lowest BCUT2D eigenvalue weighted by Gasteiger charge is -2.42. The van der Waals surface area contributed by atoms with Crippen molar-refractivity contribution in [3.63, 3.8) is 0 Å². The molecule has 1 rings (SSSR count). The van der Waals surface area contributed by atoms with Crippen molar-refractivity contribution in [3.8, 4) is 0 Å². The average Bonchev–Trinajstić information content (AvgIpc) is 2.46. The fourth-order valence-electron chi connectivity index (χ4n) is 3.24. The van der Waals surface area contributed by atoms with E-state index in [1.165, 1.54) is 0 Å².